The number of fused-ring (bicyclic) bond motifs is 1. The third-order valence-electron chi connectivity index (χ3n) is 3.31. The van der Waals surface area contributed by atoms with Crippen LogP contribution in [0.2, 0.25) is 0 Å². The minimum Gasteiger partial charge on any atom is -0.459 e. The number of carbonyl (C=O) groups excluding carboxylic acids is 2. The van der Waals surface area contributed by atoms with E-state index in [1.165, 1.54) is 11.3 Å². The summed E-state index contributed by atoms with van der Waals surface area (Å²) in [5.74, 6) is -1.16. The molecule has 6 heteroatoms. The predicted octanol–water partition coefficient (Wildman–Crippen LogP) is 2.25. The van der Waals surface area contributed by atoms with Gasteiger partial charge >= 0.3 is 11.9 Å². The van der Waals surface area contributed by atoms with E-state index < -0.39 is 11.9 Å². The van der Waals surface area contributed by atoms with E-state index in [4.69, 9.17) is 0 Å². The van der Waals surface area contributed by atoms with Crippen molar-refractivity contribution in [2.45, 2.75) is 33.1 Å². The number of hydrogen-bond acceptors (Lipinski definition) is 5. The first-order valence-corrected chi connectivity index (χ1v) is 7.41. The van der Waals surface area contributed by atoms with Crippen LogP contribution in [0.4, 0.5) is 5.00 Å². The van der Waals surface area contributed by atoms with Gasteiger partial charge in [-0.25, -0.2) is 4.79 Å². The molecule has 0 aliphatic heterocycles. The standard InChI is InChI=1S/C14H16N2O3S/c1-3-19-14(18)12(17)16-13-10(7-15)9-5-4-8(2)6-11(9)20-13/h8H,3-6H2,1-2H3,(H,16,17). The number of nitrogens with zero attached hydrogens (tertiary/aromatic N) is 1. The highest BCUT2D eigenvalue weighted by Crippen LogP contribution is 2.39. The minimum atomic E-state index is -0.920. The van der Waals surface area contributed by atoms with Gasteiger partial charge in [-0.2, -0.15) is 5.26 Å². The van der Waals surface area contributed by atoms with Gasteiger partial charge in [0.1, 0.15) is 11.1 Å². The maximum absolute atomic E-state index is 11.7. The van der Waals surface area contributed by atoms with Crippen LogP contribution < -0.4 is 5.32 Å². The normalized spacial score (nSPS) is 16.9. The van der Waals surface area contributed by atoms with Gasteiger partial charge in [0, 0.05) is 4.88 Å². The van der Waals surface area contributed by atoms with Gasteiger partial charge in [-0.1, -0.05) is 6.92 Å². The average molecular weight is 292 g/mol. The number of nitrogens with one attached hydrogen (secondary N) is 1. The Balaban J connectivity index is 2.23. The molecule has 0 saturated carbocycles. The van der Waals surface area contributed by atoms with Crippen LogP contribution in [0.25, 0.3) is 0 Å². The first-order chi connectivity index (χ1) is 9.56. The van der Waals surface area contributed by atoms with E-state index in [0.29, 0.717) is 16.5 Å². The Morgan fingerprint density at radius 2 is 2.30 bits per heavy atom. The zero-order valence-electron chi connectivity index (χ0n) is 11.5. The molecule has 1 amide bonds. The molecule has 0 bridgehead atoms. The Bertz CT molecular complexity index is 586. The molecule has 1 N–H and O–H groups in total. The summed E-state index contributed by atoms with van der Waals surface area (Å²) >= 11 is 1.39. The summed E-state index contributed by atoms with van der Waals surface area (Å²) in [5.41, 5.74) is 1.52. The number of anilines is 1. The van der Waals surface area contributed by atoms with E-state index in [-0.39, 0.29) is 6.61 Å². The van der Waals surface area contributed by atoms with Crippen molar-refractivity contribution in [1.82, 2.24) is 0 Å². The van der Waals surface area contributed by atoms with E-state index in [0.717, 1.165) is 29.7 Å². The summed E-state index contributed by atoms with van der Waals surface area (Å²) in [6.07, 6.45) is 2.82. The van der Waals surface area contributed by atoms with E-state index in [1.807, 2.05) is 0 Å². The van der Waals surface area contributed by atoms with Gasteiger partial charge in [-0.15, -0.1) is 11.3 Å². The molecule has 1 aromatic heterocycles. The van der Waals surface area contributed by atoms with Crippen molar-refractivity contribution in [3.63, 3.8) is 0 Å². The van der Waals surface area contributed by atoms with Crippen LogP contribution in [-0.2, 0) is 27.2 Å². The Morgan fingerprint density at radius 3 is 2.95 bits per heavy atom. The van der Waals surface area contributed by atoms with E-state index in [2.05, 4.69) is 23.0 Å². The van der Waals surface area contributed by atoms with Crippen molar-refractivity contribution < 1.29 is 14.3 Å². The fourth-order valence-electron chi connectivity index (χ4n) is 2.31. The number of carbonyl (C=O) groups is 2. The Labute approximate surface area is 121 Å². The second-order valence-corrected chi connectivity index (χ2v) is 5.95. The third kappa shape index (κ3) is 2.83. The highest BCUT2D eigenvalue weighted by atomic mass is 32.1. The molecule has 2 rings (SSSR count). The highest BCUT2D eigenvalue weighted by Gasteiger charge is 2.26. The summed E-state index contributed by atoms with van der Waals surface area (Å²) in [5, 5.41) is 12.2. The molecule has 1 aromatic rings. The number of rotatable bonds is 2. The van der Waals surface area contributed by atoms with Crippen LogP contribution in [0.15, 0.2) is 0 Å². The van der Waals surface area contributed by atoms with Crippen LogP contribution in [0.3, 0.4) is 0 Å². The SMILES string of the molecule is CCOC(=O)C(=O)Nc1sc2c(c1C#N)CCC(C)C2. The van der Waals surface area contributed by atoms with Gasteiger partial charge in [-0.05, 0) is 37.7 Å². The maximum Gasteiger partial charge on any atom is 0.397 e. The van der Waals surface area contributed by atoms with Crippen molar-refractivity contribution in [2.24, 2.45) is 5.92 Å². The Hall–Kier alpha value is -1.87. The van der Waals surface area contributed by atoms with Gasteiger partial charge in [0.25, 0.3) is 0 Å². The number of ether oxygens (including phenoxy) is 1. The van der Waals surface area contributed by atoms with Gasteiger partial charge in [0.2, 0.25) is 0 Å². The van der Waals surface area contributed by atoms with Gasteiger partial charge in [0.05, 0.1) is 12.2 Å². The topological polar surface area (TPSA) is 79.2 Å². The van der Waals surface area contributed by atoms with Crippen molar-refractivity contribution in [1.29, 1.82) is 5.26 Å². The molecule has 1 heterocycles. The van der Waals surface area contributed by atoms with E-state index in [1.54, 1.807) is 6.92 Å². The van der Waals surface area contributed by atoms with Gasteiger partial charge in [-0.3, -0.25) is 4.79 Å². The molecule has 0 spiro atoms. The Kier molecular flexibility index (Phi) is 4.40. The van der Waals surface area contributed by atoms with E-state index in [9.17, 15) is 14.9 Å². The molecule has 1 unspecified atom stereocenters. The molecular weight excluding hydrogens is 276 g/mol. The molecule has 5 nitrogen and oxygen atoms in total. The molecule has 0 aromatic carbocycles. The quantitative estimate of drug-likeness (QED) is 0.669. The maximum atomic E-state index is 11.7. The smallest absolute Gasteiger partial charge is 0.397 e. The Morgan fingerprint density at radius 1 is 1.55 bits per heavy atom. The molecular formula is C14H16N2O3S. The van der Waals surface area contributed by atoms with Crippen molar-refractivity contribution >= 4 is 28.2 Å². The average Bonchev–Trinajstić information content (AvgIpc) is 2.74. The summed E-state index contributed by atoms with van der Waals surface area (Å²) < 4.78 is 4.64. The highest BCUT2D eigenvalue weighted by molar-refractivity contribution is 7.16. The first-order valence-electron chi connectivity index (χ1n) is 6.59. The molecule has 0 radical (unpaired) electrons. The second-order valence-electron chi connectivity index (χ2n) is 4.84. The zero-order chi connectivity index (χ0) is 14.7. The van der Waals surface area contributed by atoms with Crippen LogP contribution in [0, 0.1) is 17.2 Å². The molecule has 0 saturated heterocycles. The predicted molar refractivity (Wildman–Crippen MR) is 75.5 cm³/mol. The lowest BCUT2D eigenvalue weighted by molar-refractivity contribution is -0.152. The van der Waals surface area contributed by atoms with Crippen LogP contribution in [0.5, 0.6) is 0 Å². The minimum absolute atomic E-state index is 0.149. The number of amides is 1. The lowest BCUT2D eigenvalue weighted by Gasteiger charge is -2.17. The number of esters is 1. The van der Waals surface area contributed by atoms with Crippen molar-refractivity contribution in [3.05, 3.63) is 16.0 Å². The fourth-order valence-corrected chi connectivity index (χ4v) is 3.66. The molecule has 0 fully saturated rings. The summed E-state index contributed by atoms with van der Waals surface area (Å²) in [7, 11) is 0. The molecule has 1 atom stereocenters. The summed E-state index contributed by atoms with van der Waals surface area (Å²) in [6.45, 7) is 3.96. The van der Waals surface area contributed by atoms with Crippen LogP contribution >= 0.6 is 11.3 Å². The summed E-state index contributed by atoms with van der Waals surface area (Å²) in [4.78, 5) is 24.1. The number of thiophene rings is 1. The molecule has 106 valence electrons. The van der Waals surface area contributed by atoms with Crippen molar-refractivity contribution in [3.8, 4) is 6.07 Å². The van der Waals surface area contributed by atoms with E-state index >= 15 is 0 Å². The second kappa shape index (κ2) is 6.06. The lowest BCUT2D eigenvalue weighted by atomic mass is 9.89. The monoisotopic (exact) mass is 292 g/mol. The van der Waals surface area contributed by atoms with Crippen molar-refractivity contribution in [2.75, 3.05) is 11.9 Å². The molecule has 20 heavy (non-hydrogen) atoms. The molecule has 1 aliphatic rings. The lowest BCUT2D eigenvalue weighted by Crippen LogP contribution is -2.24. The molecule has 1 aliphatic carbocycles. The number of nitriles is 1. The fraction of sp³-hybridized carbons (Fsp3) is 0.500. The van der Waals surface area contributed by atoms with Gasteiger partial charge in [0.15, 0.2) is 0 Å². The third-order valence-corrected chi connectivity index (χ3v) is 4.48. The van der Waals surface area contributed by atoms with Gasteiger partial charge < -0.3 is 10.1 Å². The first kappa shape index (κ1) is 14.5. The zero-order valence-corrected chi connectivity index (χ0v) is 12.3. The van der Waals surface area contributed by atoms with Crippen LogP contribution in [-0.4, -0.2) is 18.5 Å². The van der Waals surface area contributed by atoms with Crippen LogP contribution in [0.1, 0.15) is 36.3 Å². The summed E-state index contributed by atoms with van der Waals surface area (Å²) in [6, 6.07) is 2.14. The number of hydrogen-bond donors (Lipinski definition) is 1. The largest absolute Gasteiger partial charge is 0.459 e.